The van der Waals surface area contributed by atoms with Gasteiger partial charge in [0, 0.05) is 13.1 Å². The van der Waals surface area contributed by atoms with Gasteiger partial charge in [0.25, 0.3) is 0 Å². The monoisotopic (exact) mass is 372 g/mol. The summed E-state index contributed by atoms with van der Waals surface area (Å²) >= 11 is 0. The predicted octanol–water partition coefficient (Wildman–Crippen LogP) is 2.66. The lowest BCUT2D eigenvalue weighted by molar-refractivity contribution is 0.397. The minimum absolute atomic E-state index is 0.229. The molecule has 3 rings (SSSR count). The minimum Gasteiger partial charge on any atom is -0.497 e. The molecule has 1 heterocycles. The van der Waals surface area contributed by atoms with Crippen molar-refractivity contribution in [3.05, 3.63) is 66.7 Å². The third-order valence-electron chi connectivity index (χ3n) is 4.34. The quantitative estimate of drug-likeness (QED) is 0.665. The number of rotatable bonds is 6. The zero-order valence-corrected chi connectivity index (χ0v) is 15.6. The van der Waals surface area contributed by atoms with E-state index in [1.807, 2.05) is 31.2 Å². The normalized spacial score (nSPS) is 12.9. The van der Waals surface area contributed by atoms with Crippen molar-refractivity contribution in [3.63, 3.8) is 0 Å². The largest absolute Gasteiger partial charge is 0.497 e. The molecular formula is C18H20N4O3S. The number of hydrogen-bond donors (Lipinski definition) is 0. The lowest BCUT2D eigenvalue weighted by Gasteiger charge is -2.25. The molecule has 0 amide bonds. The van der Waals surface area contributed by atoms with Crippen molar-refractivity contribution in [3.8, 4) is 11.4 Å². The summed E-state index contributed by atoms with van der Waals surface area (Å²) in [5.41, 5.74) is 1.74. The van der Waals surface area contributed by atoms with Crippen molar-refractivity contribution in [1.82, 2.24) is 19.1 Å². The van der Waals surface area contributed by atoms with Crippen LogP contribution in [-0.4, -0.2) is 41.6 Å². The van der Waals surface area contributed by atoms with E-state index in [1.165, 1.54) is 10.6 Å². The van der Waals surface area contributed by atoms with Crippen LogP contribution in [0.15, 0.2) is 66.1 Å². The number of sulfonamides is 1. The Morgan fingerprint density at radius 2 is 1.73 bits per heavy atom. The van der Waals surface area contributed by atoms with Crippen LogP contribution in [0.2, 0.25) is 0 Å². The Labute approximate surface area is 152 Å². The van der Waals surface area contributed by atoms with Gasteiger partial charge in [-0.1, -0.05) is 12.1 Å². The average Bonchev–Trinajstić information content (AvgIpc) is 3.21. The van der Waals surface area contributed by atoms with Gasteiger partial charge in [-0.25, -0.2) is 18.1 Å². The van der Waals surface area contributed by atoms with Gasteiger partial charge in [-0.2, -0.15) is 9.40 Å². The molecule has 136 valence electrons. The predicted molar refractivity (Wildman–Crippen MR) is 97.7 cm³/mol. The number of methoxy groups -OCH3 is 1. The van der Waals surface area contributed by atoms with Crippen molar-refractivity contribution in [2.75, 3.05) is 14.2 Å². The summed E-state index contributed by atoms with van der Waals surface area (Å²) in [6.45, 7) is 1.85. The van der Waals surface area contributed by atoms with Crippen molar-refractivity contribution < 1.29 is 13.2 Å². The van der Waals surface area contributed by atoms with E-state index in [0.29, 0.717) is 5.75 Å². The molecule has 0 saturated carbocycles. The molecule has 1 atom stereocenters. The highest BCUT2D eigenvalue weighted by molar-refractivity contribution is 7.89. The fraction of sp³-hybridized carbons (Fsp3) is 0.222. The van der Waals surface area contributed by atoms with Gasteiger partial charge in [-0.3, -0.25) is 0 Å². The molecule has 0 aliphatic rings. The molecule has 2 aromatic carbocycles. The Morgan fingerprint density at radius 1 is 1.08 bits per heavy atom. The van der Waals surface area contributed by atoms with E-state index < -0.39 is 10.0 Å². The van der Waals surface area contributed by atoms with Gasteiger partial charge >= 0.3 is 0 Å². The maximum atomic E-state index is 12.9. The summed E-state index contributed by atoms with van der Waals surface area (Å²) in [5.74, 6) is 0.614. The lowest BCUT2D eigenvalue weighted by atomic mass is 10.1. The zero-order chi connectivity index (χ0) is 18.7. The molecule has 0 radical (unpaired) electrons. The van der Waals surface area contributed by atoms with Crippen LogP contribution in [0.25, 0.3) is 5.69 Å². The molecule has 0 saturated heterocycles. The molecule has 26 heavy (non-hydrogen) atoms. The van der Waals surface area contributed by atoms with Crippen LogP contribution in [0.4, 0.5) is 0 Å². The molecule has 0 N–H and O–H groups in total. The molecule has 0 spiro atoms. The Hall–Kier alpha value is -2.71. The van der Waals surface area contributed by atoms with Crippen LogP contribution >= 0.6 is 0 Å². The van der Waals surface area contributed by atoms with Crippen LogP contribution in [0, 0.1) is 0 Å². The summed E-state index contributed by atoms with van der Waals surface area (Å²) < 4.78 is 33.8. The maximum Gasteiger partial charge on any atom is 0.243 e. The third-order valence-corrected chi connectivity index (χ3v) is 6.28. The van der Waals surface area contributed by atoms with Gasteiger partial charge in [0.05, 0.1) is 17.7 Å². The molecule has 7 nitrogen and oxygen atoms in total. The summed E-state index contributed by atoms with van der Waals surface area (Å²) in [6, 6.07) is 13.6. The topological polar surface area (TPSA) is 77.3 Å². The summed E-state index contributed by atoms with van der Waals surface area (Å²) in [7, 11) is -0.493. The minimum atomic E-state index is -3.61. The van der Waals surface area contributed by atoms with Crippen molar-refractivity contribution in [2.24, 2.45) is 0 Å². The molecule has 8 heteroatoms. The maximum absolute atomic E-state index is 12.9. The second-order valence-corrected chi connectivity index (χ2v) is 7.80. The van der Waals surface area contributed by atoms with Gasteiger partial charge in [0.15, 0.2) is 0 Å². The highest BCUT2D eigenvalue weighted by Gasteiger charge is 2.26. The Bertz CT molecular complexity index is 953. The highest BCUT2D eigenvalue weighted by Crippen LogP contribution is 2.27. The average molecular weight is 372 g/mol. The molecule has 0 aliphatic carbocycles. The van der Waals surface area contributed by atoms with E-state index in [-0.39, 0.29) is 10.9 Å². The van der Waals surface area contributed by atoms with Crippen molar-refractivity contribution in [2.45, 2.75) is 17.9 Å². The Balaban J connectivity index is 1.82. The first-order valence-corrected chi connectivity index (χ1v) is 9.44. The molecular weight excluding hydrogens is 352 g/mol. The first-order valence-electron chi connectivity index (χ1n) is 8.00. The number of hydrogen-bond acceptors (Lipinski definition) is 5. The lowest BCUT2D eigenvalue weighted by Crippen LogP contribution is -2.29. The molecule has 0 bridgehead atoms. The van der Waals surface area contributed by atoms with Gasteiger partial charge in [-0.15, -0.1) is 0 Å². The van der Waals surface area contributed by atoms with E-state index in [0.717, 1.165) is 11.3 Å². The van der Waals surface area contributed by atoms with Gasteiger partial charge in [0.2, 0.25) is 10.0 Å². The summed E-state index contributed by atoms with van der Waals surface area (Å²) in [4.78, 5) is 4.15. The van der Waals surface area contributed by atoms with Crippen LogP contribution in [0.1, 0.15) is 18.5 Å². The van der Waals surface area contributed by atoms with Crippen molar-refractivity contribution >= 4 is 10.0 Å². The second kappa shape index (κ2) is 7.27. The fourth-order valence-electron chi connectivity index (χ4n) is 2.58. The molecule has 0 aliphatic heterocycles. The third kappa shape index (κ3) is 3.47. The highest BCUT2D eigenvalue weighted by atomic mass is 32.2. The zero-order valence-electron chi connectivity index (χ0n) is 14.8. The summed E-state index contributed by atoms with van der Waals surface area (Å²) in [5, 5.41) is 4.08. The van der Waals surface area contributed by atoms with Gasteiger partial charge < -0.3 is 4.74 Å². The van der Waals surface area contributed by atoms with Crippen molar-refractivity contribution in [1.29, 1.82) is 0 Å². The fourth-order valence-corrected chi connectivity index (χ4v) is 3.93. The number of ether oxygens (including phenoxy) is 1. The molecule has 0 unspecified atom stereocenters. The Morgan fingerprint density at radius 3 is 2.27 bits per heavy atom. The van der Waals surface area contributed by atoms with Crippen LogP contribution in [-0.2, 0) is 10.0 Å². The van der Waals surface area contributed by atoms with Crippen LogP contribution in [0.5, 0.6) is 5.75 Å². The van der Waals surface area contributed by atoms with Gasteiger partial charge in [0.1, 0.15) is 18.4 Å². The van der Waals surface area contributed by atoms with Crippen LogP contribution < -0.4 is 4.74 Å². The van der Waals surface area contributed by atoms with E-state index in [4.69, 9.17) is 4.74 Å². The van der Waals surface area contributed by atoms with Crippen LogP contribution in [0.3, 0.4) is 0 Å². The first kappa shape index (κ1) is 18.1. The molecule has 1 aromatic heterocycles. The van der Waals surface area contributed by atoms with E-state index in [1.54, 1.807) is 49.4 Å². The Kier molecular flexibility index (Phi) is 5.06. The SMILES string of the molecule is COc1ccc(S(=O)(=O)N(C)[C@@H](C)c2ccc(-n3cncn3)cc2)cc1. The molecule has 0 fully saturated rings. The number of nitrogens with zero attached hydrogens (tertiary/aromatic N) is 4. The summed E-state index contributed by atoms with van der Waals surface area (Å²) in [6.07, 6.45) is 3.07. The van der Waals surface area contributed by atoms with Gasteiger partial charge in [-0.05, 0) is 48.9 Å². The first-order chi connectivity index (χ1) is 12.4. The second-order valence-electron chi connectivity index (χ2n) is 5.80. The molecule has 3 aromatic rings. The number of benzene rings is 2. The van der Waals surface area contributed by atoms with E-state index in [9.17, 15) is 8.42 Å². The smallest absolute Gasteiger partial charge is 0.243 e. The van der Waals surface area contributed by atoms with E-state index >= 15 is 0 Å². The standard InChI is InChI=1S/C18H20N4O3S/c1-14(15-4-6-16(7-5-15)22-13-19-12-20-22)21(2)26(23,24)18-10-8-17(25-3)9-11-18/h4-14H,1-3H3/t14-/m0/s1. The van der Waals surface area contributed by atoms with E-state index in [2.05, 4.69) is 10.1 Å². The number of aromatic nitrogens is 3.